The van der Waals surface area contributed by atoms with Crippen LogP contribution in [0.4, 0.5) is 5.69 Å². The van der Waals surface area contributed by atoms with Gasteiger partial charge in [-0.1, -0.05) is 12.1 Å². The minimum Gasteiger partial charge on any atom is -0.378 e. The molecule has 1 aromatic rings. The van der Waals surface area contributed by atoms with Crippen LogP contribution in [0.15, 0.2) is 29.3 Å². The van der Waals surface area contributed by atoms with Crippen LogP contribution < -0.4 is 15.5 Å². The molecular formula is C21H36IN5O. The van der Waals surface area contributed by atoms with Crippen LogP contribution in [0.2, 0.25) is 0 Å². The Balaban J connectivity index is 0.00000392. The number of guanidine groups is 1. The molecule has 0 spiro atoms. The van der Waals surface area contributed by atoms with Crippen LogP contribution in [-0.2, 0) is 11.2 Å². The van der Waals surface area contributed by atoms with Crippen molar-refractivity contribution in [3.8, 4) is 0 Å². The molecule has 1 heterocycles. The third-order valence-electron chi connectivity index (χ3n) is 5.26. The predicted molar refractivity (Wildman–Crippen MR) is 129 cm³/mol. The van der Waals surface area contributed by atoms with Gasteiger partial charge in [0.05, 0.1) is 0 Å². The average molecular weight is 501 g/mol. The highest BCUT2D eigenvalue weighted by Gasteiger charge is 2.22. The fraction of sp³-hybridized carbons (Fsp3) is 0.619. The van der Waals surface area contributed by atoms with Gasteiger partial charge in [0.1, 0.15) is 0 Å². The number of likely N-dealkylation sites (tertiary alicyclic amines) is 1. The van der Waals surface area contributed by atoms with Gasteiger partial charge in [-0.25, -0.2) is 0 Å². The summed E-state index contributed by atoms with van der Waals surface area (Å²) < 4.78 is 0. The molecule has 1 aromatic carbocycles. The zero-order chi connectivity index (χ0) is 19.6. The van der Waals surface area contributed by atoms with E-state index in [2.05, 4.69) is 63.8 Å². The number of amides is 1. The second-order valence-corrected chi connectivity index (χ2v) is 7.45. The van der Waals surface area contributed by atoms with Gasteiger partial charge < -0.3 is 20.4 Å². The lowest BCUT2D eigenvalue weighted by molar-refractivity contribution is -0.121. The first-order valence-corrected chi connectivity index (χ1v) is 9.96. The minimum atomic E-state index is 0. The third kappa shape index (κ3) is 7.85. The number of anilines is 1. The molecule has 6 nitrogen and oxygen atoms in total. The number of nitrogens with one attached hydrogen (secondary N) is 2. The highest BCUT2D eigenvalue weighted by atomic mass is 127. The minimum absolute atomic E-state index is 0. The van der Waals surface area contributed by atoms with Gasteiger partial charge in [-0.15, -0.1) is 24.0 Å². The van der Waals surface area contributed by atoms with E-state index >= 15 is 0 Å². The maximum Gasteiger partial charge on any atom is 0.220 e. The topological polar surface area (TPSA) is 60.0 Å². The van der Waals surface area contributed by atoms with E-state index in [1.54, 1.807) is 7.05 Å². The first-order chi connectivity index (χ1) is 13.0. The maximum absolute atomic E-state index is 11.5. The Labute approximate surface area is 187 Å². The van der Waals surface area contributed by atoms with Crippen molar-refractivity contribution in [3.63, 3.8) is 0 Å². The van der Waals surface area contributed by atoms with Gasteiger partial charge in [0.2, 0.25) is 5.91 Å². The summed E-state index contributed by atoms with van der Waals surface area (Å²) in [6.07, 6.45) is 4.88. The van der Waals surface area contributed by atoms with Crippen LogP contribution in [-0.4, -0.2) is 64.6 Å². The summed E-state index contributed by atoms with van der Waals surface area (Å²) >= 11 is 0. The molecule has 1 saturated heterocycles. The number of carbonyl (C=O) groups is 1. The van der Waals surface area contributed by atoms with Crippen LogP contribution >= 0.6 is 24.0 Å². The van der Waals surface area contributed by atoms with Crippen LogP contribution in [0.3, 0.4) is 0 Å². The zero-order valence-corrected chi connectivity index (χ0v) is 20.0. The van der Waals surface area contributed by atoms with E-state index in [-0.39, 0.29) is 29.9 Å². The summed E-state index contributed by atoms with van der Waals surface area (Å²) in [5.74, 6) is 1.62. The van der Waals surface area contributed by atoms with E-state index in [0.717, 1.165) is 51.3 Å². The maximum atomic E-state index is 11.5. The number of piperidine rings is 1. The first-order valence-electron chi connectivity index (χ1n) is 9.96. The summed E-state index contributed by atoms with van der Waals surface area (Å²) in [5, 5.41) is 6.22. The average Bonchev–Trinajstić information content (AvgIpc) is 2.69. The summed E-state index contributed by atoms with van der Waals surface area (Å²) in [5.41, 5.74) is 2.60. The van der Waals surface area contributed by atoms with Crippen molar-refractivity contribution >= 4 is 41.5 Å². The summed E-state index contributed by atoms with van der Waals surface area (Å²) in [6, 6.07) is 8.76. The Bertz CT molecular complexity index is 610. The molecule has 2 rings (SSSR count). The van der Waals surface area contributed by atoms with E-state index in [4.69, 9.17) is 0 Å². The number of aliphatic imine (C=N–C) groups is 1. The number of benzene rings is 1. The fourth-order valence-corrected chi connectivity index (χ4v) is 3.50. The number of hydrogen-bond donors (Lipinski definition) is 2. The molecule has 28 heavy (non-hydrogen) atoms. The van der Waals surface area contributed by atoms with Gasteiger partial charge in [-0.05, 0) is 49.3 Å². The number of carbonyl (C=O) groups excluding carboxylic acids is 1. The highest BCUT2D eigenvalue weighted by molar-refractivity contribution is 14.0. The van der Waals surface area contributed by atoms with E-state index in [1.807, 2.05) is 7.05 Å². The first kappa shape index (κ1) is 24.5. The smallest absolute Gasteiger partial charge is 0.220 e. The van der Waals surface area contributed by atoms with Crippen molar-refractivity contribution in [2.24, 2.45) is 10.9 Å². The van der Waals surface area contributed by atoms with Gasteiger partial charge in [-0.2, -0.15) is 0 Å². The van der Waals surface area contributed by atoms with E-state index in [0.29, 0.717) is 12.3 Å². The van der Waals surface area contributed by atoms with E-state index < -0.39 is 0 Å². The van der Waals surface area contributed by atoms with Gasteiger partial charge in [0, 0.05) is 59.9 Å². The molecule has 1 aliphatic rings. The van der Waals surface area contributed by atoms with Crippen LogP contribution in [0, 0.1) is 5.92 Å². The normalized spacial score (nSPS) is 15.0. The predicted octanol–water partition coefficient (Wildman–Crippen LogP) is 2.73. The number of nitrogens with zero attached hydrogens (tertiary/aromatic N) is 3. The second kappa shape index (κ2) is 12.9. The molecule has 0 atom stereocenters. The molecule has 1 aliphatic heterocycles. The van der Waals surface area contributed by atoms with Crippen molar-refractivity contribution in [1.29, 1.82) is 0 Å². The number of aryl methyl sites for hydroxylation is 1. The Morgan fingerprint density at radius 1 is 1.21 bits per heavy atom. The van der Waals surface area contributed by atoms with Crippen LogP contribution in [0.25, 0.3) is 0 Å². The van der Waals surface area contributed by atoms with Gasteiger partial charge >= 0.3 is 0 Å². The van der Waals surface area contributed by atoms with Crippen molar-refractivity contribution in [3.05, 3.63) is 29.8 Å². The molecule has 7 heteroatoms. The largest absolute Gasteiger partial charge is 0.378 e. The van der Waals surface area contributed by atoms with Gasteiger partial charge in [0.15, 0.2) is 5.96 Å². The molecule has 0 saturated carbocycles. The Kier molecular flexibility index (Phi) is 11.3. The number of hydrogen-bond acceptors (Lipinski definition) is 3. The Hall–Kier alpha value is -1.51. The molecule has 1 amide bonds. The quantitative estimate of drug-likeness (QED) is 0.261. The molecule has 0 radical (unpaired) electrons. The molecule has 1 fully saturated rings. The van der Waals surface area contributed by atoms with Gasteiger partial charge in [-0.3, -0.25) is 9.79 Å². The summed E-state index contributed by atoms with van der Waals surface area (Å²) in [4.78, 5) is 20.4. The number of rotatable bonds is 7. The zero-order valence-electron chi connectivity index (χ0n) is 17.7. The molecule has 0 bridgehead atoms. The van der Waals surface area contributed by atoms with Crippen LogP contribution in [0.1, 0.15) is 31.2 Å². The molecule has 158 valence electrons. The lowest BCUT2D eigenvalue weighted by atomic mass is 9.93. The standard InChI is InChI=1S/C21H35N5O.HI/c1-22-20(27)16-18-11-14-26(15-12-18)21(23-2)24-13-5-6-17-7-9-19(10-8-17)25(3)4;/h7-10,18H,5-6,11-16H2,1-4H3,(H,22,27)(H,23,24);1H. The summed E-state index contributed by atoms with van der Waals surface area (Å²) in [6.45, 7) is 2.85. The monoisotopic (exact) mass is 501 g/mol. The molecule has 0 unspecified atom stereocenters. The number of halogens is 1. The van der Waals surface area contributed by atoms with Crippen LogP contribution in [0.5, 0.6) is 0 Å². The SMILES string of the molecule is CN=C(NCCCc1ccc(N(C)C)cc1)N1CCC(CC(=O)NC)CC1.I. The molecular weight excluding hydrogens is 465 g/mol. The third-order valence-corrected chi connectivity index (χ3v) is 5.26. The van der Waals surface area contributed by atoms with Crippen molar-refractivity contribution in [2.45, 2.75) is 32.1 Å². The molecule has 0 aromatic heterocycles. The Morgan fingerprint density at radius 3 is 2.39 bits per heavy atom. The molecule has 2 N–H and O–H groups in total. The van der Waals surface area contributed by atoms with E-state index in [1.165, 1.54) is 11.3 Å². The van der Waals surface area contributed by atoms with Crippen molar-refractivity contribution in [2.75, 3.05) is 52.7 Å². The second-order valence-electron chi connectivity index (χ2n) is 7.45. The van der Waals surface area contributed by atoms with Gasteiger partial charge in [0.25, 0.3) is 0 Å². The summed E-state index contributed by atoms with van der Waals surface area (Å²) in [7, 11) is 7.68. The molecule has 0 aliphatic carbocycles. The highest BCUT2D eigenvalue weighted by Crippen LogP contribution is 2.20. The lowest BCUT2D eigenvalue weighted by Gasteiger charge is -2.34. The van der Waals surface area contributed by atoms with Crippen molar-refractivity contribution < 1.29 is 4.79 Å². The van der Waals surface area contributed by atoms with E-state index in [9.17, 15) is 4.79 Å². The lowest BCUT2D eigenvalue weighted by Crippen LogP contribution is -2.46. The Morgan fingerprint density at radius 2 is 1.86 bits per heavy atom. The van der Waals surface area contributed by atoms with Crippen molar-refractivity contribution in [1.82, 2.24) is 15.5 Å². The fourth-order valence-electron chi connectivity index (χ4n) is 3.50.